The second kappa shape index (κ2) is 4.60. The molecule has 9 heteroatoms. The Balaban J connectivity index is 3.11. The highest BCUT2D eigenvalue weighted by atomic mass is 35.5. The second-order valence-corrected chi connectivity index (χ2v) is 3.48. The zero-order valence-corrected chi connectivity index (χ0v) is 9.02. The molecule has 0 aliphatic carbocycles. The van der Waals surface area contributed by atoms with Crippen LogP contribution in [0.4, 0.5) is 22.0 Å². The number of carbonyl (C=O) groups is 1. The van der Waals surface area contributed by atoms with Gasteiger partial charge in [-0.05, 0) is 18.2 Å². The average Bonchev–Trinajstić information content (AvgIpc) is 2.13. The number of benzene rings is 1. The first-order chi connectivity index (χ1) is 8.04. The van der Waals surface area contributed by atoms with Crippen molar-refractivity contribution in [1.82, 2.24) is 0 Å². The van der Waals surface area contributed by atoms with Crippen molar-refractivity contribution in [3.63, 3.8) is 0 Å². The molecule has 0 saturated heterocycles. The predicted octanol–water partition coefficient (Wildman–Crippen LogP) is 3.42. The van der Waals surface area contributed by atoms with E-state index in [2.05, 4.69) is 4.74 Å². The van der Waals surface area contributed by atoms with Gasteiger partial charge in [-0.25, -0.2) is 4.79 Å². The number of hydrogen-bond donors (Lipinski definition) is 1. The number of carboxylic acids is 1. The maximum Gasteiger partial charge on any atom is 0.573 e. The summed E-state index contributed by atoms with van der Waals surface area (Å²) in [6, 6.07) is 1.46. The van der Waals surface area contributed by atoms with Gasteiger partial charge in [0.25, 0.3) is 0 Å². The summed E-state index contributed by atoms with van der Waals surface area (Å²) in [6.45, 7) is 0. The standard InChI is InChI=1S/C9H4ClF5O3/c10-6-3-4(18-9(13,14)15)1-2-5(6)8(11,12)7(16)17/h1-3H,(H,16,17). The third-order valence-corrected chi connectivity index (χ3v) is 2.09. The first-order valence-corrected chi connectivity index (χ1v) is 4.59. The monoisotopic (exact) mass is 290 g/mol. The Morgan fingerprint density at radius 3 is 2.17 bits per heavy atom. The van der Waals surface area contributed by atoms with Crippen LogP contribution in [-0.2, 0) is 10.7 Å². The minimum atomic E-state index is -5.00. The van der Waals surface area contributed by atoms with E-state index in [9.17, 15) is 26.7 Å². The van der Waals surface area contributed by atoms with Gasteiger partial charge >= 0.3 is 18.3 Å². The molecule has 0 amide bonds. The van der Waals surface area contributed by atoms with Crippen LogP contribution in [0.1, 0.15) is 5.56 Å². The van der Waals surface area contributed by atoms with Crippen LogP contribution in [0.3, 0.4) is 0 Å². The molecule has 0 bridgehead atoms. The molecular weight excluding hydrogens is 287 g/mol. The number of aliphatic carboxylic acids is 1. The Morgan fingerprint density at radius 2 is 1.78 bits per heavy atom. The Morgan fingerprint density at radius 1 is 1.22 bits per heavy atom. The summed E-state index contributed by atoms with van der Waals surface area (Å²) in [5.41, 5.74) is -1.12. The molecule has 1 N–H and O–H groups in total. The second-order valence-electron chi connectivity index (χ2n) is 3.07. The summed E-state index contributed by atoms with van der Waals surface area (Å²) in [5.74, 6) is -7.58. The van der Waals surface area contributed by atoms with Crippen molar-refractivity contribution in [1.29, 1.82) is 0 Å². The lowest BCUT2D eigenvalue weighted by Crippen LogP contribution is -2.25. The first kappa shape index (κ1) is 14.5. The average molecular weight is 291 g/mol. The predicted molar refractivity (Wildman–Crippen MR) is 49.7 cm³/mol. The fourth-order valence-corrected chi connectivity index (χ4v) is 1.35. The third-order valence-electron chi connectivity index (χ3n) is 1.78. The lowest BCUT2D eigenvalue weighted by molar-refractivity contribution is -0.274. The topological polar surface area (TPSA) is 46.5 Å². The van der Waals surface area contributed by atoms with Crippen LogP contribution in [-0.4, -0.2) is 17.4 Å². The molecule has 0 unspecified atom stereocenters. The number of carboxylic acid groups (broad SMARTS) is 1. The molecule has 18 heavy (non-hydrogen) atoms. The van der Waals surface area contributed by atoms with Crippen LogP contribution in [0.25, 0.3) is 0 Å². The molecule has 0 heterocycles. The van der Waals surface area contributed by atoms with E-state index >= 15 is 0 Å². The molecule has 3 nitrogen and oxygen atoms in total. The summed E-state index contributed by atoms with van der Waals surface area (Å²) < 4.78 is 65.0. The van der Waals surface area contributed by atoms with Gasteiger partial charge in [0.05, 0.1) is 10.6 Å². The zero-order valence-electron chi connectivity index (χ0n) is 8.26. The van der Waals surface area contributed by atoms with Crippen molar-refractivity contribution >= 4 is 17.6 Å². The molecule has 0 radical (unpaired) electrons. The molecule has 100 valence electrons. The van der Waals surface area contributed by atoms with E-state index in [4.69, 9.17) is 16.7 Å². The molecule has 0 aliphatic heterocycles. The van der Waals surface area contributed by atoms with E-state index in [-0.39, 0.29) is 0 Å². The number of hydrogen-bond acceptors (Lipinski definition) is 2. The van der Waals surface area contributed by atoms with Crippen LogP contribution in [0.5, 0.6) is 5.75 Å². The minimum absolute atomic E-state index is 0.456. The maximum absolute atomic E-state index is 13.1. The lowest BCUT2D eigenvalue weighted by Gasteiger charge is -2.15. The van der Waals surface area contributed by atoms with Gasteiger partial charge in [-0.2, -0.15) is 8.78 Å². The number of alkyl halides is 5. The van der Waals surface area contributed by atoms with Crippen LogP contribution in [0.2, 0.25) is 5.02 Å². The molecule has 0 fully saturated rings. The molecular formula is C9H4ClF5O3. The van der Waals surface area contributed by atoms with Gasteiger partial charge in [-0.3, -0.25) is 0 Å². The van der Waals surface area contributed by atoms with E-state index in [0.717, 1.165) is 0 Å². The van der Waals surface area contributed by atoms with Gasteiger partial charge in [0.1, 0.15) is 5.75 Å². The summed E-state index contributed by atoms with van der Waals surface area (Å²) in [5, 5.41) is 7.41. The van der Waals surface area contributed by atoms with Crippen LogP contribution in [0, 0.1) is 0 Å². The quantitative estimate of drug-likeness (QED) is 0.868. The Bertz CT molecular complexity index is 472. The molecule has 1 aromatic carbocycles. The van der Waals surface area contributed by atoms with Crippen molar-refractivity contribution in [2.75, 3.05) is 0 Å². The normalized spacial score (nSPS) is 12.3. The van der Waals surface area contributed by atoms with Gasteiger partial charge in [-0.1, -0.05) is 11.6 Å². The Hall–Kier alpha value is -1.57. The van der Waals surface area contributed by atoms with Gasteiger partial charge in [-0.15, -0.1) is 13.2 Å². The Labute approximate surface area is 102 Å². The minimum Gasteiger partial charge on any atom is -0.477 e. The Kier molecular flexibility index (Phi) is 3.70. The fraction of sp³-hybridized carbons (Fsp3) is 0.222. The van der Waals surface area contributed by atoms with Crippen molar-refractivity contribution < 1.29 is 36.6 Å². The highest BCUT2D eigenvalue weighted by molar-refractivity contribution is 6.31. The number of halogens is 6. The molecule has 0 atom stereocenters. The van der Waals surface area contributed by atoms with Gasteiger partial charge < -0.3 is 9.84 Å². The highest BCUT2D eigenvalue weighted by Gasteiger charge is 2.43. The van der Waals surface area contributed by atoms with Crippen LogP contribution >= 0.6 is 11.6 Å². The van der Waals surface area contributed by atoms with E-state index in [1.54, 1.807) is 0 Å². The summed E-state index contributed by atoms with van der Waals surface area (Å²) in [6.07, 6.45) is -5.00. The van der Waals surface area contributed by atoms with Crippen LogP contribution < -0.4 is 4.74 Å². The molecule has 1 aromatic rings. The van der Waals surface area contributed by atoms with Crippen molar-refractivity contribution in [2.24, 2.45) is 0 Å². The summed E-state index contributed by atoms with van der Waals surface area (Å²) >= 11 is 5.30. The largest absolute Gasteiger partial charge is 0.573 e. The smallest absolute Gasteiger partial charge is 0.477 e. The van der Waals surface area contributed by atoms with Gasteiger partial charge in [0, 0.05) is 0 Å². The van der Waals surface area contributed by atoms with Gasteiger partial charge in [0.15, 0.2) is 0 Å². The number of ether oxygens (including phenoxy) is 1. The molecule has 1 rings (SSSR count). The van der Waals surface area contributed by atoms with E-state index < -0.39 is 34.6 Å². The molecule has 0 aromatic heterocycles. The van der Waals surface area contributed by atoms with Crippen molar-refractivity contribution in [3.05, 3.63) is 28.8 Å². The van der Waals surface area contributed by atoms with E-state index in [1.165, 1.54) is 0 Å². The van der Waals surface area contributed by atoms with Crippen molar-refractivity contribution in [2.45, 2.75) is 12.3 Å². The van der Waals surface area contributed by atoms with Crippen molar-refractivity contribution in [3.8, 4) is 5.75 Å². The number of rotatable bonds is 3. The van der Waals surface area contributed by atoms with E-state index in [0.29, 0.717) is 18.2 Å². The zero-order chi connectivity index (χ0) is 14.1. The molecule has 0 aliphatic rings. The summed E-state index contributed by atoms with van der Waals surface area (Å²) in [4.78, 5) is 10.3. The molecule has 0 spiro atoms. The van der Waals surface area contributed by atoms with Gasteiger partial charge in [0.2, 0.25) is 0 Å². The SMILES string of the molecule is O=C(O)C(F)(F)c1ccc(OC(F)(F)F)cc1Cl. The maximum atomic E-state index is 13.1. The van der Waals surface area contributed by atoms with E-state index in [1.807, 2.05) is 0 Å². The highest BCUT2D eigenvalue weighted by Crippen LogP contribution is 2.36. The first-order valence-electron chi connectivity index (χ1n) is 4.21. The molecule has 0 saturated carbocycles. The lowest BCUT2D eigenvalue weighted by atomic mass is 10.1. The summed E-state index contributed by atoms with van der Waals surface area (Å²) in [7, 11) is 0. The van der Waals surface area contributed by atoms with Crippen LogP contribution in [0.15, 0.2) is 18.2 Å². The third kappa shape index (κ3) is 3.22. The fourth-order valence-electron chi connectivity index (χ4n) is 1.06.